The summed E-state index contributed by atoms with van der Waals surface area (Å²) in [6, 6.07) is 18.4. The fourth-order valence-corrected chi connectivity index (χ4v) is 5.03. The highest BCUT2D eigenvalue weighted by molar-refractivity contribution is 6.06. The van der Waals surface area contributed by atoms with E-state index < -0.39 is 24.1 Å². The van der Waals surface area contributed by atoms with Crippen LogP contribution in [0.1, 0.15) is 46.1 Å². The van der Waals surface area contributed by atoms with Crippen LogP contribution in [-0.2, 0) is 16.1 Å². The lowest BCUT2D eigenvalue weighted by Crippen LogP contribution is -2.53. The number of carbonyl (C=O) groups excluding carboxylic acids is 3. The summed E-state index contributed by atoms with van der Waals surface area (Å²) in [7, 11) is 0. The Morgan fingerprint density at radius 1 is 1.08 bits per heavy atom. The van der Waals surface area contributed by atoms with E-state index in [4.69, 9.17) is 4.98 Å². The molecular formula is C28H25N5O4. The number of imidazole rings is 1. The van der Waals surface area contributed by atoms with Crippen molar-refractivity contribution in [2.45, 2.75) is 38.6 Å². The van der Waals surface area contributed by atoms with Crippen LogP contribution in [0.3, 0.4) is 0 Å². The van der Waals surface area contributed by atoms with Crippen LogP contribution in [0.4, 0.5) is 5.82 Å². The lowest BCUT2D eigenvalue weighted by molar-refractivity contribution is -0.139. The van der Waals surface area contributed by atoms with Gasteiger partial charge in [0.15, 0.2) is 6.23 Å². The van der Waals surface area contributed by atoms with E-state index >= 15 is 0 Å². The molecule has 4 aromatic rings. The number of imide groups is 1. The number of nitrogens with zero attached hydrogens (tertiary/aromatic N) is 3. The smallest absolute Gasteiger partial charge is 0.257 e. The number of fused-ring (bicyclic) bond motifs is 2. The predicted molar refractivity (Wildman–Crippen MR) is 136 cm³/mol. The van der Waals surface area contributed by atoms with Crippen LogP contribution in [0.25, 0.3) is 16.9 Å². The van der Waals surface area contributed by atoms with Crippen LogP contribution in [0.15, 0.2) is 66.9 Å². The number of aliphatic hydroxyl groups excluding tert-OH is 1. The molecule has 0 bridgehead atoms. The molecule has 2 aliphatic heterocycles. The molecular weight excluding hydrogens is 470 g/mol. The van der Waals surface area contributed by atoms with Crippen molar-refractivity contribution in [1.82, 2.24) is 19.6 Å². The lowest BCUT2D eigenvalue weighted by atomic mass is 10.0. The zero-order chi connectivity index (χ0) is 25.7. The number of aromatic nitrogens is 2. The molecule has 0 saturated carbocycles. The number of benzene rings is 2. The number of anilines is 1. The molecule has 9 nitrogen and oxygen atoms in total. The molecule has 37 heavy (non-hydrogen) atoms. The molecule has 0 spiro atoms. The zero-order valence-electron chi connectivity index (χ0n) is 20.1. The summed E-state index contributed by atoms with van der Waals surface area (Å²) in [4.78, 5) is 43.3. The molecule has 3 amide bonds. The van der Waals surface area contributed by atoms with Crippen LogP contribution in [0, 0.1) is 6.92 Å². The second-order valence-electron chi connectivity index (χ2n) is 9.43. The maximum absolute atomic E-state index is 13.4. The van der Waals surface area contributed by atoms with Gasteiger partial charge in [-0.2, -0.15) is 0 Å². The van der Waals surface area contributed by atoms with Crippen LogP contribution in [0.5, 0.6) is 0 Å². The van der Waals surface area contributed by atoms with E-state index in [-0.39, 0.29) is 18.7 Å². The molecule has 2 aliphatic rings. The van der Waals surface area contributed by atoms with Crippen LogP contribution < -0.4 is 10.6 Å². The normalized spacial score (nSPS) is 19.3. The second-order valence-corrected chi connectivity index (χ2v) is 9.43. The monoisotopic (exact) mass is 495 g/mol. The number of nitrogens with one attached hydrogen (secondary N) is 2. The first kappa shape index (κ1) is 22.9. The van der Waals surface area contributed by atoms with E-state index in [2.05, 4.69) is 34.9 Å². The molecule has 2 unspecified atom stereocenters. The number of hydrogen-bond acceptors (Lipinski definition) is 6. The minimum atomic E-state index is -1.26. The van der Waals surface area contributed by atoms with Crippen LogP contribution in [-0.4, -0.2) is 43.2 Å². The van der Waals surface area contributed by atoms with Crippen LogP contribution in [0.2, 0.25) is 0 Å². The van der Waals surface area contributed by atoms with Crippen molar-refractivity contribution in [3.8, 4) is 11.3 Å². The number of carbonyl (C=O) groups is 3. The molecule has 2 aromatic heterocycles. The van der Waals surface area contributed by atoms with E-state index in [9.17, 15) is 19.5 Å². The van der Waals surface area contributed by atoms with E-state index in [0.717, 1.165) is 21.9 Å². The number of amides is 3. The van der Waals surface area contributed by atoms with Crippen molar-refractivity contribution in [3.05, 3.63) is 89.1 Å². The van der Waals surface area contributed by atoms with Gasteiger partial charge in [0.25, 0.3) is 5.91 Å². The Morgan fingerprint density at radius 2 is 1.89 bits per heavy atom. The van der Waals surface area contributed by atoms with Gasteiger partial charge < -0.3 is 10.4 Å². The highest BCUT2D eigenvalue weighted by Crippen LogP contribution is 2.38. The summed E-state index contributed by atoms with van der Waals surface area (Å²) in [6.45, 7) is 2.63. The van der Waals surface area contributed by atoms with E-state index in [1.807, 2.05) is 41.8 Å². The van der Waals surface area contributed by atoms with Crippen molar-refractivity contribution in [2.75, 3.05) is 5.32 Å². The Kier molecular flexibility index (Phi) is 5.49. The highest BCUT2D eigenvalue weighted by atomic mass is 16.3. The zero-order valence-corrected chi connectivity index (χ0v) is 20.1. The number of piperidine rings is 1. The van der Waals surface area contributed by atoms with Gasteiger partial charge in [0.1, 0.15) is 23.2 Å². The van der Waals surface area contributed by atoms with E-state index in [0.29, 0.717) is 28.9 Å². The first-order chi connectivity index (χ1) is 17.9. The van der Waals surface area contributed by atoms with Gasteiger partial charge in [-0.25, -0.2) is 4.98 Å². The molecule has 0 aliphatic carbocycles. The average Bonchev–Trinajstić information content (AvgIpc) is 3.38. The Labute approximate surface area is 212 Å². The summed E-state index contributed by atoms with van der Waals surface area (Å²) in [6.07, 6.45) is 0.955. The maximum atomic E-state index is 13.4. The van der Waals surface area contributed by atoms with Gasteiger partial charge in [-0.3, -0.25) is 29.0 Å². The third kappa shape index (κ3) is 3.93. The Bertz CT molecular complexity index is 1560. The van der Waals surface area contributed by atoms with Gasteiger partial charge in [0.05, 0.1) is 0 Å². The molecule has 3 N–H and O–H groups in total. The third-order valence-corrected chi connectivity index (χ3v) is 6.99. The summed E-state index contributed by atoms with van der Waals surface area (Å²) in [5, 5.41) is 16.7. The summed E-state index contributed by atoms with van der Waals surface area (Å²) >= 11 is 0. The van der Waals surface area contributed by atoms with Crippen LogP contribution >= 0.6 is 0 Å². The molecule has 4 heterocycles. The number of rotatable bonds is 5. The molecule has 6 rings (SSSR count). The van der Waals surface area contributed by atoms with Gasteiger partial charge in [-0.05, 0) is 37.1 Å². The number of hydrogen-bond donors (Lipinski definition) is 3. The van der Waals surface area contributed by atoms with Gasteiger partial charge in [0.2, 0.25) is 11.8 Å². The predicted octanol–water partition coefficient (Wildman–Crippen LogP) is 3.17. The SMILES string of the molecule is Cc1ccc(CNc2c(-c3ccc4c(c3)C(=O)N(C3CCC(=O)NC3=O)C4O)nc3ccccn23)cc1. The highest BCUT2D eigenvalue weighted by Gasteiger charge is 2.44. The average molecular weight is 496 g/mol. The summed E-state index contributed by atoms with van der Waals surface area (Å²) < 4.78 is 1.96. The quantitative estimate of drug-likeness (QED) is 0.366. The van der Waals surface area contributed by atoms with Crippen molar-refractivity contribution >= 4 is 29.2 Å². The summed E-state index contributed by atoms with van der Waals surface area (Å²) in [5.74, 6) is -0.611. The standard InChI is InChI=1S/C28H25N5O4/c1-16-5-7-17(8-6-16)15-29-25-24(30-22-4-2-3-13-32(22)25)18-9-10-19-20(14-18)28(37)33(27(19)36)21-11-12-23(34)31-26(21)35/h2-10,13-14,21,27,29,36H,11-12,15H2,1H3,(H,31,34,35). The van der Waals surface area contributed by atoms with Crippen molar-refractivity contribution in [2.24, 2.45) is 0 Å². The lowest BCUT2D eigenvalue weighted by Gasteiger charge is -2.31. The Balaban J connectivity index is 1.36. The molecule has 1 saturated heterocycles. The minimum Gasteiger partial charge on any atom is -0.369 e. The van der Waals surface area contributed by atoms with Crippen molar-refractivity contribution < 1.29 is 19.5 Å². The first-order valence-electron chi connectivity index (χ1n) is 12.2. The van der Waals surface area contributed by atoms with Gasteiger partial charge in [-0.1, -0.05) is 48.0 Å². The molecule has 1 fully saturated rings. The molecule has 2 atom stereocenters. The fourth-order valence-electron chi connectivity index (χ4n) is 5.03. The Morgan fingerprint density at radius 3 is 2.68 bits per heavy atom. The van der Waals surface area contributed by atoms with Crippen molar-refractivity contribution in [3.63, 3.8) is 0 Å². The largest absolute Gasteiger partial charge is 0.369 e. The Hall–Kier alpha value is -4.50. The van der Waals surface area contributed by atoms with E-state index in [1.54, 1.807) is 12.1 Å². The molecule has 186 valence electrons. The summed E-state index contributed by atoms with van der Waals surface area (Å²) in [5.41, 5.74) is 5.18. The number of pyridine rings is 1. The van der Waals surface area contributed by atoms with E-state index in [1.165, 1.54) is 5.56 Å². The van der Waals surface area contributed by atoms with Gasteiger partial charge in [-0.15, -0.1) is 0 Å². The third-order valence-electron chi connectivity index (χ3n) is 6.99. The number of aliphatic hydroxyl groups is 1. The van der Waals surface area contributed by atoms with Gasteiger partial charge in [0, 0.05) is 35.9 Å². The molecule has 0 radical (unpaired) electrons. The van der Waals surface area contributed by atoms with Gasteiger partial charge >= 0.3 is 0 Å². The second kappa shape index (κ2) is 8.86. The minimum absolute atomic E-state index is 0.117. The topological polar surface area (TPSA) is 116 Å². The van der Waals surface area contributed by atoms with Crippen molar-refractivity contribution in [1.29, 1.82) is 0 Å². The maximum Gasteiger partial charge on any atom is 0.257 e. The first-order valence-corrected chi connectivity index (χ1v) is 12.2. The molecule has 9 heteroatoms. The fraction of sp³-hybridized carbons (Fsp3) is 0.214. The number of aryl methyl sites for hydroxylation is 1. The molecule has 2 aromatic carbocycles.